The van der Waals surface area contributed by atoms with Gasteiger partial charge in [-0.25, -0.2) is 0 Å². The van der Waals surface area contributed by atoms with Gasteiger partial charge in [0.05, 0.1) is 5.60 Å². The number of hydrogen-bond donors (Lipinski definition) is 6. The van der Waals surface area contributed by atoms with Crippen LogP contribution in [0.15, 0.2) is 72.8 Å². The van der Waals surface area contributed by atoms with Crippen LogP contribution in [-0.4, -0.2) is 70.7 Å². The highest BCUT2D eigenvalue weighted by Crippen LogP contribution is 2.62. The van der Waals surface area contributed by atoms with E-state index in [9.17, 15) is 32.3 Å². The van der Waals surface area contributed by atoms with E-state index in [4.69, 9.17) is 14.2 Å². The van der Waals surface area contributed by atoms with Crippen LogP contribution < -0.4 is 30.7 Å². The normalized spacial score (nSPS) is 20.3. The van der Waals surface area contributed by atoms with Crippen molar-refractivity contribution in [1.29, 1.82) is 0 Å². The minimum Gasteiger partial charge on any atom is -0.484 e. The maximum atomic E-state index is 13.3. The van der Waals surface area contributed by atoms with Gasteiger partial charge in [0.25, 0.3) is 23.6 Å². The summed E-state index contributed by atoms with van der Waals surface area (Å²) in [5, 5.41) is 10.1. The fraction of sp³-hybridized carbons (Fsp3) is 0.368. The molecule has 13 nitrogen and oxygen atoms in total. The minimum absolute atomic E-state index is 0.0344. The molecule has 0 radical (unpaired) electrons. The first-order chi connectivity index (χ1) is 25.6. The van der Waals surface area contributed by atoms with E-state index in [1.54, 1.807) is 19.1 Å². The third-order valence-corrected chi connectivity index (χ3v) is 9.69. The fourth-order valence-corrected chi connectivity index (χ4v) is 6.72. The average molecular weight is 751 g/mol. The van der Waals surface area contributed by atoms with E-state index < -0.39 is 53.1 Å². The maximum Gasteiger partial charge on any atom is 0.408 e. The number of rotatable bonds is 15. The number of alkyl halides is 3. The van der Waals surface area contributed by atoms with Crippen LogP contribution in [0.5, 0.6) is 11.5 Å². The van der Waals surface area contributed by atoms with Gasteiger partial charge in [0.2, 0.25) is 0 Å². The summed E-state index contributed by atoms with van der Waals surface area (Å²) in [5.74, 6) is -2.43. The molecule has 2 bridgehead atoms. The average Bonchev–Trinajstić information content (AvgIpc) is 3.74. The monoisotopic (exact) mass is 750 g/mol. The first-order valence-corrected chi connectivity index (χ1v) is 17.3. The number of amides is 4. The number of benzene rings is 2. The zero-order valence-corrected chi connectivity index (χ0v) is 30.0. The van der Waals surface area contributed by atoms with Crippen molar-refractivity contribution in [2.45, 2.75) is 75.6 Å². The maximum absolute atomic E-state index is 13.3. The van der Waals surface area contributed by atoms with Crippen molar-refractivity contribution in [3.05, 3.63) is 107 Å². The Morgan fingerprint density at radius 3 is 1.70 bits per heavy atom. The predicted molar refractivity (Wildman–Crippen MR) is 189 cm³/mol. The van der Waals surface area contributed by atoms with Crippen LogP contribution in [0.2, 0.25) is 0 Å². The molecule has 3 atom stereocenters. The fourth-order valence-electron chi connectivity index (χ4n) is 6.72. The van der Waals surface area contributed by atoms with Crippen LogP contribution >= 0.6 is 0 Å². The predicted octanol–water partition coefficient (Wildman–Crippen LogP) is 5.47. The molecule has 0 saturated heterocycles. The molecule has 2 aromatic heterocycles. The van der Waals surface area contributed by atoms with E-state index in [2.05, 4.69) is 25.9 Å². The molecule has 54 heavy (non-hydrogen) atoms. The third kappa shape index (κ3) is 8.07. The zero-order chi connectivity index (χ0) is 38.8. The van der Waals surface area contributed by atoms with Crippen molar-refractivity contribution in [1.82, 2.24) is 31.2 Å². The van der Waals surface area contributed by atoms with Gasteiger partial charge in [0.15, 0.2) is 11.5 Å². The molecule has 4 aromatic rings. The molecule has 6 N–H and O–H groups in total. The van der Waals surface area contributed by atoms with Crippen LogP contribution in [0.4, 0.5) is 13.2 Å². The Morgan fingerprint density at radius 1 is 0.741 bits per heavy atom. The Hall–Kier alpha value is -5.77. The van der Waals surface area contributed by atoms with Gasteiger partial charge in [-0.05, 0) is 51.2 Å². The lowest BCUT2D eigenvalue weighted by Crippen LogP contribution is -2.79. The van der Waals surface area contributed by atoms with Crippen LogP contribution in [0.1, 0.15) is 105 Å². The summed E-state index contributed by atoms with van der Waals surface area (Å²) in [5.41, 5.74) is 0.364. The zero-order valence-electron chi connectivity index (χ0n) is 30.0. The number of halogens is 3. The van der Waals surface area contributed by atoms with Crippen molar-refractivity contribution in [2.24, 2.45) is 0 Å². The van der Waals surface area contributed by atoms with Gasteiger partial charge in [-0.3, -0.25) is 19.2 Å². The smallest absolute Gasteiger partial charge is 0.408 e. The Bertz CT molecular complexity index is 1990. The van der Waals surface area contributed by atoms with Gasteiger partial charge >= 0.3 is 6.18 Å². The highest BCUT2D eigenvalue weighted by atomic mass is 19.4. The number of carbonyl (C=O) groups is 4. The first-order valence-electron chi connectivity index (χ1n) is 17.3. The number of nitrogens with one attached hydrogen (secondary N) is 6. The summed E-state index contributed by atoms with van der Waals surface area (Å²) in [6.45, 7) is 4.15. The SMILES string of the molecule is CNC(=O)c1[nH]c(C(=O)NC23CC(OCNC(=O)c4[nH]c(C(=O)N[C@H](C)C(F)(F)F)cc4O[C@@H](C)c4ccccc4)(C2)C3)cc1O[C@@H](C)c1ccccc1. The molecule has 3 aliphatic rings. The second-order valence-corrected chi connectivity index (χ2v) is 13.7. The van der Waals surface area contributed by atoms with E-state index in [0.29, 0.717) is 19.3 Å². The summed E-state index contributed by atoms with van der Waals surface area (Å²) in [7, 11) is 1.48. The van der Waals surface area contributed by atoms with Gasteiger partial charge in [0, 0.05) is 24.7 Å². The quantitative estimate of drug-likeness (QED) is 0.0874. The molecule has 286 valence electrons. The highest BCUT2D eigenvalue weighted by molar-refractivity contribution is 6.01. The van der Waals surface area contributed by atoms with Crippen molar-refractivity contribution in [2.75, 3.05) is 13.8 Å². The molecular formula is C38H41F3N6O7. The molecule has 3 aliphatic carbocycles. The number of ether oxygens (including phenoxy) is 3. The van der Waals surface area contributed by atoms with E-state index in [-0.39, 0.29) is 47.1 Å². The van der Waals surface area contributed by atoms with Crippen molar-refractivity contribution in [3.8, 4) is 11.5 Å². The molecule has 3 saturated carbocycles. The number of hydrogen-bond acceptors (Lipinski definition) is 7. The molecule has 3 fully saturated rings. The van der Waals surface area contributed by atoms with E-state index >= 15 is 0 Å². The Kier molecular flexibility index (Phi) is 10.5. The van der Waals surface area contributed by atoms with Crippen LogP contribution in [0, 0.1) is 0 Å². The molecule has 2 heterocycles. The number of aromatic amines is 2. The summed E-state index contributed by atoms with van der Waals surface area (Å²) in [6, 6.07) is 19.0. The number of H-pyrrole nitrogens is 2. The molecule has 16 heteroatoms. The third-order valence-electron chi connectivity index (χ3n) is 9.69. The second-order valence-electron chi connectivity index (χ2n) is 13.7. The van der Waals surface area contributed by atoms with E-state index in [0.717, 1.165) is 18.1 Å². The standard InChI is InChI=1S/C38H41F3N6O7/c1-21(24-11-7-5-8-12-24)53-28-16-27(46-30(28)34(50)42-4)33(49)47-36-17-37(18-36,19-36)52-20-43-35(51)31-29(54-22(2)25-13-9-6-10-14-25)15-26(45-31)32(48)44-23(3)38(39,40)41/h5-16,21-23,45-46H,17-20H2,1-4H3,(H,42,50)(H,43,51)(H,44,48)(H,47,49)/t21-,22-,23+,36?,37?/m0/s1. The van der Waals surface area contributed by atoms with Gasteiger partial charge in [-0.2, -0.15) is 13.2 Å². The summed E-state index contributed by atoms with van der Waals surface area (Å²) >= 11 is 0. The summed E-state index contributed by atoms with van der Waals surface area (Å²) < 4.78 is 57.4. The molecule has 0 spiro atoms. The Labute approximate surface area is 308 Å². The van der Waals surface area contributed by atoms with Gasteiger partial charge in [-0.1, -0.05) is 60.7 Å². The van der Waals surface area contributed by atoms with E-state index in [1.165, 1.54) is 19.2 Å². The largest absolute Gasteiger partial charge is 0.484 e. The van der Waals surface area contributed by atoms with Crippen molar-refractivity contribution in [3.63, 3.8) is 0 Å². The van der Waals surface area contributed by atoms with Crippen LogP contribution in [-0.2, 0) is 4.74 Å². The molecular weight excluding hydrogens is 709 g/mol. The second kappa shape index (κ2) is 14.9. The molecule has 7 rings (SSSR count). The first kappa shape index (κ1) is 38.0. The van der Waals surface area contributed by atoms with Gasteiger partial charge in [-0.15, -0.1) is 0 Å². The van der Waals surface area contributed by atoms with E-state index in [1.807, 2.05) is 60.8 Å². The van der Waals surface area contributed by atoms with Crippen molar-refractivity contribution < 1.29 is 46.6 Å². The Morgan fingerprint density at radius 2 is 1.22 bits per heavy atom. The molecule has 0 aliphatic heterocycles. The molecule has 2 aromatic carbocycles. The summed E-state index contributed by atoms with van der Waals surface area (Å²) in [4.78, 5) is 57.4. The van der Waals surface area contributed by atoms with Crippen molar-refractivity contribution >= 4 is 23.6 Å². The van der Waals surface area contributed by atoms with Gasteiger partial charge < -0.3 is 45.4 Å². The Balaban J connectivity index is 1.05. The van der Waals surface area contributed by atoms with Crippen LogP contribution in [0.25, 0.3) is 0 Å². The molecule has 4 amide bonds. The summed E-state index contributed by atoms with van der Waals surface area (Å²) in [6.07, 6.45) is -4.19. The highest BCUT2D eigenvalue weighted by Gasteiger charge is 2.70. The lowest BCUT2D eigenvalue weighted by molar-refractivity contribution is -0.248. The number of carbonyl (C=O) groups excluding carboxylic acids is 4. The number of aromatic nitrogens is 2. The van der Waals surface area contributed by atoms with Crippen LogP contribution in [0.3, 0.4) is 0 Å². The minimum atomic E-state index is -4.66. The topological polar surface area (TPSA) is 176 Å². The lowest BCUT2D eigenvalue weighted by Gasteiger charge is -2.69. The lowest BCUT2D eigenvalue weighted by atomic mass is 9.46. The van der Waals surface area contributed by atoms with Gasteiger partial charge in [0.1, 0.15) is 47.8 Å². The molecule has 0 unspecified atom stereocenters.